The summed E-state index contributed by atoms with van der Waals surface area (Å²) in [7, 11) is -0.794. The monoisotopic (exact) mass is 237 g/mol. The minimum atomic E-state index is -0.794. The lowest BCUT2D eigenvalue weighted by Crippen LogP contribution is -2.29. The highest BCUT2D eigenvalue weighted by molar-refractivity contribution is 6.71. The summed E-state index contributed by atoms with van der Waals surface area (Å²) < 4.78 is 0. The molecule has 0 saturated heterocycles. The predicted octanol–water partition coefficient (Wildman–Crippen LogP) is 2.99. The topological polar surface area (TPSA) is 0 Å². The minimum absolute atomic E-state index is 0.460. The Morgan fingerprint density at radius 2 is 2.00 bits per heavy atom. The van der Waals surface area contributed by atoms with Gasteiger partial charge in [0.2, 0.25) is 0 Å². The van der Waals surface area contributed by atoms with Crippen LogP contribution in [0.25, 0.3) is 0 Å². The Hall–Kier alpha value is -1.34. The summed E-state index contributed by atoms with van der Waals surface area (Å²) in [6, 6.07) is 4.58. The van der Waals surface area contributed by atoms with Gasteiger partial charge < -0.3 is 0 Å². The van der Waals surface area contributed by atoms with Crippen molar-refractivity contribution in [3.05, 3.63) is 64.8 Å². The molecule has 0 bridgehead atoms. The predicted molar refractivity (Wildman–Crippen MR) is 76.6 cm³/mol. The minimum Gasteiger partial charge on any atom is -0.0726 e. The van der Waals surface area contributed by atoms with Gasteiger partial charge in [0.05, 0.1) is 8.80 Å². The zero-order valence-electron chi connectivity index (χ0n) is 10.6. The fourth-order valence-electron chi connectivity index (χ4n) is 2.96. The molecule has 1 aromatic carbocycles. The van der Waals surface area contributed by atoms with E-state index in [-0.39, 0.29) is 0 Å². The summed E-state index contributed by atoms with van der Waals surface area (Å²) in [4.78, 5) is 0. The first-order valence-corrected chi connectivity index (χ1v) is 9.19. The molecule has 0 fully saturated rings. The fraction of sp³-hybridized carbons (Fsp3) is 0.250. The van der Waals surface area contributed by atoms with Crippen LogP contribution in [0.15, 0.2) is 42.0 Å². The van der Waals surface area contributed by atoms with Crippen LogP contribution < -0.4 is 5.19 Å². The van der Waals surface area contributed by atoms with E-state index in [1.165, 1.54) is 22.3 Å². The van der Waals surface area contributed by atoms with E-state index in [1.807, 2.05) is 0 Å². The van der Waals surface area contributed by atoms with Gasteiger partial charge in [0.15, 0.2) is 0 Å². The lowest BCUT2D eigenvalue weighted by atomic mass is 9.92. The average Bonchev–Trinajstić information content (AvgIpc) is 2.66. The summed E-state index contributed by atoms with van der Waals surface area (Å²) in [5, 5.41) is 1.60. The Morgan fingerprint density at radius 3 is 2.76 bits per heavy atom. The normalized spacial score (nSPS) is 20.5. The first kappa shape index (κ1) is 10.8. The molecule has 2 aliphatic carbocycles. The van der Waals surface area contributed by atoms with E-state index in [1.54, 1.807) is 5.19 Å². The van der Waals surface area contributed by atoms with E-state index in [0.29, 0.717) is 5.92 Å². The van der Waals surface area contributed by atoms with Crippen molar-refractivity contribution >= 4 is 14.0 Å². The summed E-state index contributed by atoms with van der Waals surface area (Å²) in [5.74, 6) is 0.460. The maximum atomic E-state index is 3.64. The van der Waals surface area contributed by atoms with Gasteiger partial charge in [-0.05, 0) is 29.7 Å². The molecule has 85 valence electrons. The Labute approximate surface area is 105 Å². The molecule has 17 heavy (non-hydrogen) atoms. The molecule has 0 nitrogen and oxygen atoms in total. The van der Waals surface area contributed by atoms with Gasteiger partial charge in [0, 0.05) is 5.92 Å². The van der Waals surface area contributed by atoms with E-state index in [0.717, 1.165) is 0 Å². The third-order valence-corrected chi connectivity index (χ3v) is 5.60. The van der Waals surface area contributed by atoms with Crippen molar-refractivity contribution in [3.8, 4) is 0 Å². The van der Waals surface area contributed by atoms with Crippen molar-refractivity contribution in [2.45, 2.75) is 25.9 Å². The summed E-state index contributed by atoms with van der Waals surface area (Å²) in [6.45, 7) is 7.05. The van der Waals surface area contributed by atoms with Gasteiger partial charge in [0.1, 0.15) is 0 Å². The molecule has 1 heteroatoms. The van der Waals surface area contributed by atoms with E-state index in [4.69, 9.17) is 0 Å². The first-order chi connectivity index (χ1) is 8.18. The fourth-order valence-corrected chi connectivity index (χ4v) is 4.78. The maximum absolute atomic E-state index is 3.64. The molecule has 0 amide bonds. The number of hydrogen-bond acceptors (Lipinski definition) is 0. The second kappa shape index (κ2) is 3.85. The zero-order valence-corrected chi connectivity index (χ0v) is 11.8. The summed E-state index contributed by atoms with van der Waals surface area (Å²) in [5.41, 5.74) is 5.65. The summed E-state index contributed by atoms with van der Waals surface area (Å²) in [6.07, 6.45) is 12.4. The van der Waals surface area contributed by atoms with Crippen LogP contribution in [0, 0.1) is 13.0 Å². The molecule has 1 aromatic rings. The highest BCUT2D eigenvalue weighted by Crippen LogP contribution is 2.37. The molecule has 0 saturated carbocycles. The van der Waals surface area contributed by atoms with Crippen LogP contribution in [0.4, 0.5) is 0 Å². The van der Waals surface area contributed by atoms with Crippen molar-refractivity contribution in [3.63, 3.8) is 0 Å². The van der Waals surface area contributed by atoms with Gasteiger partial charge in [-0.2, -0.15) is 0 Å². The number of allylic oxidation sites excluding steroid dienone is 5. The van der Waals surface area contributed by atoms with E-state index in [9.17, 15) is 0 Å². The molecule has 0 N–H and O–H groups in total. The van der Waals surface area contributed by atoms with Crippen molar-refractivity contribution in [2.24, 2.45) is 0 Å². The van der Waals surface area contributed by atoms with Crippen molar-refractivity contribution in [1.82, 2.24) is 0 Å². The Kier molecular flexibility index (Phi) is 2.44. The van der Waals surface area contributed by atoms with Gasteiger partial charge in [-0.15, -0.1) is 0 Å². The van der Waals surface area contributed by atoms with Gasteiger partial charge in [0.25, 0.3) is 0 Å². The SMILES string of the molecule is Cc1ccc2c(c1[SiH](C)C)[C]=C1C=CC=CC12. The van der Waals surface area contributed by atoms with Gasteiger partial charge in [-0.3, -0.25) is 0 Å². The van der Waals surface area contributed by atoms with Crippen LogP contribution in [0.1, 0.15) is 22.6 Å². The number of fused-ring (bicyclic) bond motifs is 3. The van der Waals surface area contributed by atoms with Crippen LogP contribution in [0.2, 0.25) is 13.1 Å². The quantitative estimate of drug-likeness (QED) is 0.659. The van der Waals surface area contributed by atoms with Gasteiger partial charge in [-0.25, -0.2) is 0 Å². The zero-order chi connectivity index (χ0) is 12.0. The average molecular weight is 237 g/mol. The molecule has 1 atom stereocenters. The second-order valence-electron chi connectivity index (χ2n) is 5.22. The first-order valence-electron chi connectivity index (χ1n) is 6.30. The number of rotatable bonds is 1. The molecular weight excluding hydrogens is 220 g/mol. The second-order valence-corrected chi connectivity index (χ2v) is 8.10. The lowest BCUT2D eigenvalue weighted by molar-refractivity contribution is 1.05. The summed E-state index contributed by atoms with van der Waals surface area (Å²) >= 11 is 0. The molecule has 0 aliphatic heterocycles. The molecule has 0 heterocycles. The molecule has 1 radical (unpaired) electrons. The maximum Gasteiger partial charge on any atom is 0.0659 e. The van der Waals surface area contributed by atoms with Gasteiger partial charge >= 0.3 is 0 Å². The molecule has 2 aliphatic rings. The van der Waals surface area contributed by atoms with Crippen molar-refractivity contribution in [2.75, 3.05) is 0 Å². The lowest BCUT2D eigenvalue weighted by Gasteiger charge is -2.16. The Balaban J connectivity index is 2.24. The highest BCUT2D eigenvalue weighted by atomic mass is 28.3. The number of aryl methyl sites for hydroxylation is 1. The van der Waals surface area contributed by atoms with E-state index in [2.05, 4.69) is 62.5 Å². The number of hydrogen-bond donors (Lipinski definition) is 0. The third-order valence-electron chi connectivity index (χ3n) is 3.70. The van der Waals surface area contributed by atoms with Crippen molar-refractivity contribution in [1.29, 1.82) is 0 Å². The van der Waals surface area contributed by atoms with Crippen LogP contribution in [-0.4, -0.2) is 8.80 Å². The van der Waals surface area contributed by atoms with Crippen molar-refractivity contribution < 1.29 is 0 Å². The van der Waals surface area contributed by atoms with Crippen LogP contribution >= 0.6 is 0 Å². The third kappa shape index (κ3) is 1.57. The highest BCUT2D eigenvalue weighted by Gasteiger charge is 2.26. The standard InChI is InChI=1S/C16H17Si/c1-11-8-9-14-13-7-5-4-6-12(13)10-15(14)16(11)17(2)3/h4-9,13,17H,1-3H3. The number of benzene rings is 1. The molecule has 3 rings (SSSR count). The molecule has 0 aromatic heterocycles. The Bertz CT molecular complexity index is 559. The van der Waals surface area contributed by atoms with E-state index < -0.39 is 8.80 Å². The largest absolute Gasteiger partial charge is 0.0726 e. The molecule has 1 unspecified atom stereocenters. The van der Waals surface area contributed by atoms with Crippen LogP contribution in [0.3, 0.4) is 0 Å². The van der Waals surface area contributed by atoms with Crippen LogP contribution in [-0.2, 0) is 0 Å². The molecular formula is C16H17Si. The van der Waals surface area contributed by atoms with E-state index >= 15 is 0 Å². The Morgan fingerprint density at radius 1 is 1.18 bits per heavy atom. The van der Waals surface area contributed by atoms with Crippen LogP contribution in [0.5, 0.6) is 0 Å². The van der Waals surface area contributed by atoms with Gasteiger partial charge in [-0.1, -0.05) is 60.3 Å². The molecule has 0 spiro atoms. The smallest absolute Gasteiger partial charge is 0.0659 e.